The number of carbonyl (C=O) groups is 2. The predicted octanol–water partition coefficient (Wildman–Crippen LogP) is 4.76. The number of phenolic OH excluding ortho intramolecular Hbond substituents is 1. The van der Waals surface area contributed by atoms with Crippen LogP contribution in [-0.4, -0.2) is 30.7 Å². The topological polar surface area (TPSA) is 84.9 Å². The zero-order chi connectivity index (χ0) is 22.2. The van der Waals surface area contributed by atoms with Crippen molar-refractivity contribution in [1.82, 2.24) is 0 Å². The number of methoxy groups -OCH3 is 1. The molecule has 0 fully saturated rings. The number of benzene rings is 3. The Morgan fingerprint density at radius 2 is 1.68 bits per heavy atom. The van der Waals surface area contributed by atoms with Crippen LogP contribution in [0, 0.1) is 0 Å². The highest BCUT2D eigenvalue weighted by atomic mass is 16.5. The SMILES string of the molecule is CCOc1ccc(/C=C(/C(=O)Nc2ccc(C(=O)OC)cc2O)c2ccccc2)cc1. The number of rotatable bonds is 7. The lowest BCUT2D eigenvalue weighted by molar-refractivity contribution is -0.111. The Bertz CT molecular complexity index is 1090. The molecule has 0 spiro atoms. The maximum absolute atomic E-state index is 13.1. The van der Waals surface area contributed by atoms with Crippen LogP contribution in [0.3, 0.4) is 0 Å². The summed E-state index contributed by atoms with van der Waals surface area (Å²) in [6.45, 7) is 2.49. The third-order valence-corrected chi connectivity index (χ3v) is 4.50. The number of aromatic hydroxyl groups is 1. The number of ether oxygens (including phenoxy) is 2. The second-order valence-electron chi connectivity index (χ2n) is 6.60. The molecule has 0 aromatic heterocycles. The second kappa shape index (κ2) is 10.1. The molecule has 0 atom stereocenters. The van der Waals surface area contributed by atoms with E-state index in [0.717, 1.165) is 16.9 Å². The third kappa shape index (κ3) is 5.51. The van der Waals surface area contributed by atoms with Gasteiger partial charge in [0.25, 0.3) is 5.91 Å². The Morgan fingerprint density at radius 3 is 2.29 bits per heavy atom. The van der Waals surface area contributed by atoms with Gasteiger partial charge in [-0.05, 0) is 54.5 Å². The summed E-state index contributed by atoms with van der Waals surface area (Å²) in [6, 6.07) is 20.8. The van der Waals surface area contributed by atoms with E-state index >= 15 is 0 Å². The van der Waals surface area contributed by atoms with E-state index in [-0.39, 0.29) is 17.0 Å². The van der Waals surface area contributed by atoms with Crippen LogP contribution in [-0.2, 0) is 9.53 Å². The Balaban J connectivity index is 1.91. The Morgan fingerprint density at radius 1 is 0.968 bits per heavy atom. The molecule has 6 nitrogen and oxygen atoms in total. The number of amides is 1. The monoisotopic (exact) mass is 417 g/mol. The Hall–Kier alpha value is -4.06. The van der Waals surface area contributed by atoms with E-state index < -0.39 is 11.9 Å². The molecule has 0 saturated carbocycles. The fourth-order valence-corrected chi connectivity index (χ4v) is 2.96. The van der Waals surface area contributed by atoms with Crippen molar-refractivity contribution in [2.45, 2.75) is 6.92 Å². The summed E-state index contributed by atoms with van der Waals surface area (Å²) in [4.78, 5) is 24.7. The highest BCUT2D eigenvalue weighted by molar-refractivity contribution is 6.29. The van der Waals surface area contributed by atoms with Gasteiger partial charge in [-0.15, -0.1) is 0 Å². The summed E-state index contributed by atoms with van der Waals surface area (Å²) in [5, 5.41) is 13.0. The van der Waals surface area contributed by atoms with Gasteiger partial charge in [-0.2, -0.15) is 0 Å². The molecule has 0 bridgehead atoms. The van der Waals surface area contributed by atoms with Crippen molar-refractivity contribution in [2.75, 3.05) is 19.0 Å². The van der Waals surface area contributed by atoms with E-state index in [1.54, 1.807) is 6.08 Å². The predicted molar refractivity (Wildman–Crippen MR) is 120 cm³/mol. The number of hydrogen-bond donors (Lipinski definition) is 2. The van der Waals surface area contributed by atoms with Crippen molar-refractivity contribution in [3.05, 3.63) is 89.5 Å². The molecule has 3 aromatic rings. The average Bonchev–Trinajstić information content (AvgIpc) is 2.80. The molecule has 6 heteroatoms. The number of phenols is 1. The van der Waals surface area contributed by atoms with Gasteiger partial charge in [0.2, 0.25) is 0 Å². The third-order valence-electron chi connectivity index (χ3n) is 4.50. The number of nitrogens with one attached hydrogen (secondary N) is 1. The molecule has 0 aliphatic heterocycles. The van der Waals surface area contributed by atoms with E-state index in [0.29, 0.717) is 12.2 Å². The minimum atomic E-state index is -0.575. The van der Waals surface area contributed by atoms with Gasteiger partial charge in [0.05, 0.1) is 25.0 Å². The van der Waals surface area contributed by atoms with E-state index in [9.17, 15) is 14.7 Å². The quantitative estimate of drug-likeness (QED) is 0.251. The van der Waals surface area contributed by atoms with Crippen LogP contribution < -0.4 is 10.1 Å². The van der Waals surface area contributed by atoms with Gasteiger partial charge in [-0.25, -0.2) is 4.79 Å². The molecule has 0 aliphatic carbocycles. The standard InChI is InChI=1S/C25H23NO5/c1-3-31-20-12-9-17(10-13-20)15-21(18-7-5-4-6-8-18)24(28)26-22-14-11-19(16-23(22)27)25(29)30-2/h4-16,27H,3H2,1-2H3,(H,26,28)/b21-15+. The Kier molecular flexibility index (Phi) is 7.06. The molecule has 0 saturated heterocycles. The van der Waals surface area contributed by atoms with Crippen LogP contribution in [0.5, 0.6) is 11.5 Å². The van der Waals surface area contributed by atoms with Crippen LogP contribution in [0.1, 0.15) is 28.4 Å². The van der Waals surface area contributed by atoms with E-state index in [1.165, 1.54) is 25.3 Å². The van der Waals surface area contributed by atoms with Crippen molar-refractivity contribution in [3.63, 3.8) is 0 Å². The van der Waals surface area contributed by atoms with Gasteiger partial charge in [-0.3, -0.25) is 4.79 Å². The van der Waals surface area contributed by atoms with E-state index in [1.807, 2.05) is 61.5 Å². The van der Waals surface area contributed by atoms with Crippen LogP contribution >= 0.6 is 0 Å². The molecular formula is C25H23NO5. The lowest BCUT2D eigenvalue weighted by atomic mass is 10.0. The summed E-state index contributed by atoms with van der Waals surface area (Å²) in [7, 11) is 1.26. The lowest BCUT2D eigenvalue weighted by Crippen LogP contribution is -2.14. The van der Waals surface area contributed by atoms with Crippen molar-refractivity contribution in [1.29, 1.82) is 0 Å². The molecule has 0 unspecified atom stereocenters. The highest BCUT2D eigenvalue weighted by Crippen LogP contribution is 2.27. The second-order valence-corrected chi connectivity index (χ2v) is 6.60. The van der Waals surface area contributed by atoms with Crippen LogP contribution in [0.25, 0.3) is 11.6 Å². The number of esters is 1. The van der Waals surface area contributed by atoms with Gasteiger partial charge in [-0.1, -0.05) is 42.5 Å². The molecule has 1 amide bonds. The fourth-order valence-electron chi connectivity index (χ4n) is 2.96. The smallest absolute Gasteiger partial charge is 0.337 e. The van der Waals surface area contributed by atoms with E-state index in [2.05, 4.69) is 10.1 Å². The van der Waals surface area contributed by atoms with Gasteiger partial charge in [0.15, 0.2) is 0 Å². The first-order valence-corrected chi connectivity index (χ1v) is 9.74. The van der Waals surface area contributed by atoms with Crippen LogP contribution in [0.4, 0.5) is 5.69 Å². The summed E-state index contributed by atoms with van der Waals surface area (Å²) < 4.78 is 10.1. The van der Waals surface area contributed by atoms with Crippen molar-refractivity contribution >= 4 is 29.2 Å². The maximum Gasteiger partial charge on any atom is 0.337 e. The largest absolute Gasteiger partial charge is 0.506 e. The Labute approximate surface area is 180 Å². The van der Waals surface area contributed by atoms with Crippen molar-refractivity contribution in [2.24, 2.45) is 0 Å². The number of hydrogen-bond acceptors (Lipinski definition) is 5. The first-order chi connectivity index (χ1) is 15.0. The molecule has 3 rings (SSSR count). The molecule has 0 heterocycles. The molecule has 0 aliphatic rings. The van der Waals surface area contributed by atoms with Crippen molar-refractivity contribution in [3.8, 4) is 11.5 Å². The van der Waals surface area contributed by atoms with Crippen LogP contribution in [0.15, 0.2) is 72.8 Å². The van der Waals surface area contributed by atoms with Gasteiger partial charge >= 0.3 is 5.97 Å². The minimum Gasteiger partial charge on any atom is -0.506 e. The van der Waals surface area contributed by atoms with Gasteiger partial charge in [0.1, 0.15) is 11.5 Å². The number of anilines is 1. The lowest BCUT2D eigenvalue weighted by Gasteiger charge is -2.12. The maximum atomic E-state index is 13.1. The summed E-state index contributed by atoms with van der Waals surface area (Å²) in [6.07, 6.45) is 1.76. The van der Waals surface area contributed by atoms with Crippen molar-refractivity contribution < 1.29 is 24.2 Å². The van der Waals surface area contributed by atoms with Crippen LogP contribution in [0.2, 0.25) is 0 Å². The first-order valence-electron chi connectivity index (χ1n) is 9.74. The van der Waals surface area contributed by atoms with E-state index in [4.69, 9.17) is 4.74 Å². The average molecular weight is 417 g/mol. The fraction of sp³-hybridized carbons (Fsp3) is 0.120. The molecule has 2 N–H and O–H groups in total. The zero-order valence-corrected chi connectivity index (χ0v) is 17.3. The minimum absolute atomic E-state index is 0.186. The molecule has 158 valence electrons. The molecule has 3 aromatic carbocycles. The first kappa shape index (κ1) is 21.6. The molecular weight excluding hydrogens is 394 g/mol. The summed E-state index contributed by atoms with van der Waals surface area (Å²) in [5.74, 6) is -0.458. The van der Waals surface area contributed by atoms with Gasteiger partial charge in [0, 0.05) is 5.57 Å². The number of carbonyl (C=O) groups excluding carboxylic acids is 2. The normalized spacial score (nSPS) is 11.0. The van der Waals surface area contributed by atoms with Gasteiger partial charge < -0.3 is 19.9 Å². The summed E-state index contributed by atoms with van der Waals surface area (Å²) in [5.41, 5.74) is 2.33. The zero-order valence-electron chi connectivity index (χ0n) is 17.3. The molecule has 0 radical (unpaired) electrons. The highest BCUT2D eigenvalue weighted by Gasteiger charge is 2.16. The molecule has 31 heavy (non-hydrogen) atoms. The summed E-state index contributed by atoms with van der Waals surface area (Å²) >= 11 is 0.